The maximum absolute atomic E-state index is 6.22. The second kappa shape index (κ2) is 6.45. The molecule has 0 amide bonds. The number of fused-ring (bicyclic) bond motifs is 1. The number of benzene rings is 1. The van der Waals surface area contributed by atoms with Crippen LogP contribution in [0.4, 0.5) is 0 Å². The highest BCUT2D eigenvalue weighted by Crippen LogP contribution is 2.20. The van der Waals surface area contributed by atoms with Gasteiger partial charge in [0.25, 0.3) is 0 Å². The van der Waals surface area contributed by atoms with Crippen molar-refractivity contribution in [2.45, 2.75) is 45.1 Å². The van der Waals surface area contributed by atoms with E-state index in [0.717, 1.165) is 17.5 Å². The van der Waals surface area contributed by atoms with Gasteiger partial charge in [0.2, 0.25) is 0 Å². The van der Waals surface area contributed by atoms with Crippen molar-refractivity contribution in [3.8, 4) is 0 Å². The maximum Gasteiger partial charge on any atom is 0.0890 e. The topological polar surface area (TPSA) is 51.8 Å². The molecule has 1 aromatic heterocycles. The van der Waals surface area contributed by atoms with Crippen molar-refractivity contribution in [3.63, 3.8) is 0 Å². The Bertz CT molecular complexity index is 496. The second-order valence-electron chi connectivity index (χ2n) is 4.76. The molecule has 3 heteroatoms. The molecule has 0 saturated carbocycles. The fraction of sp³-hybridized carbons (Fsp3) is 0.467. The molecule has 2 rings (SSSR count). The van der Waals surface area contributed by atoms with Crippen molar-refractivity contribution in [1.82, 2.24) is 9.97 Å². The van der Waals surface area contributed by atoms with Crippen LogP contribution in [-0.4, -0.2) is 9.97 Å². The van der Waals surface area contributed by atoms with Gasteiger partial charge in [-0.05, 0) is 24.1 Å². The standard InChI is InChI=1S/C15H21N3/c1-2-3-4-5-6-13(16)12-7-8-14-15(11-12)18-10-9-17-14/h7-11,13H,2-6,16H2,1H3. The molecule has 0 radical (unpaired) electrons. The van der Waals surface area contributed by atoms with Gasteiger partial charge in [-0.25, -0.2) is 0 Å². The molecule has 0 saturated heterocycles. The lowest BCUT2D eigenvalue weighted by atomic mass is 10.0. The summed E-state index contributed by atoms with van der Waals surface area (Å²) in [6.45, 7) is 2.22. The van der Waals surface area contributed by atoms with Crippen LogP contribution >= 0.6 is 0 Å². The molecule has 0 spiro atoms. The molecule has 1 aromatic carbocycles. The first kappa shape index (κ1) is 13.0. The Labute approximate surface area is 108 Å². The Balaban J connectivity index is 2.01. The third-order valence-corrected chi connectivity index (χ3v) is 3.29. The summed E-state index contributed by atoms with van der Waals surface area (Å²) in [5.41, 5.74) is 9.25. The van der Waals surface area contributed by atoms with Crippen LogP contribution in [0.15, 0.2) is 30.6 Å². The Kier molecular flexibility index (Phi) is 4.65. The van der Waals surface area contributed by atoms with Crippen molar-refractivity contribution in [3.05, 3.63) is 36.2 Å². The van der Waals surface area contributed by atoms with Gasteiger partial charge in [-0.2, -0.15) is 0 Å². The number of hydrogen-bond donors (Lipinski definition) is 1. The zero-order valence-electron chi connectivity index (χ0n) is 11.0. The minimum atomic E-state index is 0.119. The van der Waals surface area contributed by atoms with E-state index in [4.69, 9.17) is 5.73 Å². The molecule has 0 aliphatic heterocycles. The van der Waals surface area contributed by atoms with Crippen molar-refractivity contribution < 1.29 is 0 Å². The molecule has 1 unspecified atom stereocenters. The van der Waals surface area contributed by atoms with Crippen LogP contribution in [0.5, 0.6) is 0 Å². The molecule has 2 aromatic rings. The van der Waals surface area contributed by atoms with Gasteiger partial charge in [0, 0.05) is 18.4 Å². The summed E-state index contributed by atoms with van der Waals surface area (Å²) in [4.78, 5) is 8.58. The first-order valence-corrected chi connectivity index (χ1v) is 6.77. The Morgan fingerprint density at radius 3 is 2.61 bits per heavy atom. The molecule has 0 aliphatic carbocycles. The van der Waals surface area contributed by atoms with Crippen LogP contribution in [0.3, 0.4) is 0 Å². The summed E-state index contributed by atoms with van der Waals surface area (Å²) in [5.74, 6) is 0. The predicted molar refractivity (Wildman–Crippen MR) is 75.2 cm³/mol. The van der Waals surface area contributed by atoms with E-state index in [2.05, 4.69) is 29.0 Å². The molecule has 1 atom stereocenters. The van der Waals surface area contributed by atoms with E-state index in [9.17, 15) is 0 Å². The van der Waals surface area contributed by atoms with Gasteiger partial charge in [0.15, 0.2) is 0 Å². The molecule has 1 heterocycles. The lowest BCUT2D eigenvalue weighted by Gasteiger charge is -2.12. The number of rotatable bonds is 6. The third kappa shape index (κ3) is 3.26. The summed E-state index contributed by atoms with van der Waals surface area (Å²) in [6.07, 6.45) is 9.53. The van der Waals surface area contributed by atoms with Crippen LogP contribution in [0, 0.1) is 0 Å². The Hall–Kier alpha value is -1.48. The smallest absolute Gasteiger partial charge is 0.0890 e. The van der Waals surface area contributed by atoms with Crippen LogP contribution in [0.25, 0.3) is 11.0 Å². The zero-order chi connectivity index (χ0) is 12.8. The summed E-state index contributed by atoms with van der Waals surface area (Å²) >= 11 is 0. The van der Waals surface area contributed by atoms with Crippen molar-refractivity contribution >= 4 is 11.0 Å². The lowest BCUT2D eigenvalue weighted by Crippen LogP contribution is -2.10. The van der Waals surface area contributed by atoms with Gasteiger partial charge in [0.1, 0.15) is 0 Å². The molecule has 0 bridgehead atoms. The van der Waals surface area contributed by atoms with Crippen LogP contribution in [0.1, 0.15) is 50.6 Å². The van der Waals surface area contributed by atoms with E-state index in [1.54, 1.807) is 12.4 Å². The van der Waals surface area contributed by atoms with E-state index in [-0.39, 0.29) is 6.04 Å². The second-order valence-corrected chi connectivity index (χ2v) is 4.76. The number of unbranched alkanes of at least 4 members (excludes halogenated alkanes) is 3. The van der Waals surface area contributed by atoms with E-state index < -0.39 is 0 Å². The van der Waals surface area contributed by atoms with Gasteiger partial charge in [-0.1, -0.05) is 38.7 Å². The Morgan fingerprint density at radius 2 is 1.83 bits per heavy atom. The van der Waals surface area contributed by atoms with Gasteiger partial charge in [-0.3, -0.25) is 9.97 Å². The zero-order valence-corrected chi connectivity index (χ0v) is 11.0. The fourth-order valence-corrected chi connectivity index (χ4v) is 2.17. The maximum atomic E-state index is 6.22. The minimum Gasteiger partial charge on any atom is -0.324 e. The van der Waals surface area contributed by atoms with Crippen LogP contribution in [-0.2, 0) is 0 Å². The first-order chi connectivity index (χ1) is 8.81. The average molecular weight is 243 g/mol. The van der Waals surface area contributed by atoms with Crippen LogP contribution < -0.4 is 5.73 Å². The molecule has 2 N–H and O–H groups in total. The molecular formula is C15H21N3. The molecule has 0 aliphatic rings. The van der Waals surface area contributed by atoms with E-state index in [1.807, 2.05) is 6.07 Å². The van der Waals surface area contributed by atoms with Crippen LogP contribution in [0.2, 0.25) is 0 Å². The monoisotopic (exact) mass is 243 g/mol. The predicted octanol–water partition coefficient (Wildman–Crippen LogP) is 3.60. The van der Waals surface area contributed by atoms with Gasteiger partial charge >= 0.3 is 0 Å². The van der Waals surface area contributed by atoms with E-state index in [0.29, 0.717) is 0 Å². The lowest BCUT2D eigenvalue weighted by molar-refractivity contribution is 0.566. The van der Waals surface area contributed by atoms with Gasteiger partial charge in [-0.15, -0.1) is 0 Å². The number of nitrogens with two attached hydrogens (primary N) is 1. The summed E-state index contributed by atoms with van der Waals surface area (Å²) in [5, 5.41) is 0. The average Bonchev–Trinajstić information content (AvgIpc) is 2.43. The Morgan fingerprint density at radius 1 is 1.06 bits per heavy atom. The largest absolute Gasteiger partial charge is 0.324 e. The minimum absolute atomic E-state index is 0.119. The van der Waals surface area contributed by atoms with E-state index >= 15 is 0 Å². The first-order valence-electron chi connectivity index (χ1n) is 6.77. The van der Waals surface area contributed by atoms with Crippen molar-refractivity contribution in [1.29, 1.82) is 0 Å². The summed E-state index contributed by atoms with van der Waals surface area (Å²) in [6, 6.07) is 6.26. The quantitative estimate of drug-likeness (QED) is 0.789. The molecule has 96 valence electrons. The highest BCUT2D eigenvalue weighted by Gasteiger charge is 2.07. The number of nitrogens with zero attached hydrogens (tertiary/aromatic N) is 2. The fourth-order valence-electron chi connectivity index (χ4n) is 2.17. The van der Waals surface area contributed by atoms with Gasteiger partial charge in [0.05, 0.1) is 11.0 Å². The number of aromatic nitrogens is 2. The molecule has 0 fully saturated rings. The van der Waals surface area contributed by atoms with Gasteiger partial charge < -0.3 is 5.73 Å². The highest BCUT2D eigenvalue weighted by molar-refractivity contribution is 5.74. The normalized spacial score (nSPS) is 12.8. The SMILES string of the molecule is CCCCCCC(N)c1ccc2nccnc2c1. The summed E-state index contributed by atoms with van der Waals surface area (Å²) in [7, 11) is 0. The van der Waals surface area contributed by atoms with Crippen molar-refractivity contribution in [2.75, 3.05) is 0 Å². The molecule has 18 heavy (non-hydrogen) atoms. The number of hydrogen-bond acceptors (Lipinski definition) is 3. The molecular weight excluding hydrogens is 222 g/mol. The summed E-state index contributed by atoms with van der Waals surface area (Å²) < 4.78 is 0. The third-order valence-electron chi connectivity index (χ3n) is 3.29. The highest BCUT2D eigenvalue weighted by atomic mass is 14.8. The van der Waals surface area contributed by atoms with Crippen molar-refractivity contribution in [2.24, 2.45) is 5.73 Å². The molecule has 3 nitrogen and oxygen atoms in total. The van der Waals surface area contributed by atoms with E-state index in [1.165, 1.54) is 31.2 Å².